The molecule has 0 aliphatic carbocycles. The molecule has 0 atom stereocenters. The van der Waals surface area contributed by atoms with Gasteiger partial charge in [-0.25, -0.2) is 8.42 Å². The average Bonchev–Trinajstić information content (AvgIpc) is 2.83. The third-order valence-electron chi connectivity index (χ3n) is 5.26. The monoisotopic (exact) mass is 485 g/mol. The van der Waals surface area contributed by atoms with Crippen molar-refractivity contribution in [3.8, 4) is 5.75 Å². The van der Waals surface area contributed by atoms with Crippen LogP contribution in [0.15, 0.2) is 77.7 Å². The highest BCUT2D eigenvalue weighted by molar-refractivity contribution is 7.93. The number of carbonyl (C=O) groups excluding carboxylic acids is 1. The van der Waals surface area contributed by atoms with Crippen molar-refractivity contribution in [1.82, 2.24) is 0 Å². The van der Waals surface area contributed by atoms with E-state index in [1.165, 1.54) is 24.3 Å². The standard InChI is InChI=1S/C26H28ClNO4S/c1-3-5-6-21-7-13-23(14-8-21)28(33(30,31)25-17-11-22(27)12-18-25)26(29)19-32-24-15-9-20(4-2)10-16-24/h7-18H,3-6,19H2,1-2H3. The number of aryl methyl sites for hydroxylation is 2. The Morgan fingerprint density at radius 2 is 1.48 bits per heavy atom. The van der Waals surface area contributed by atoms with Crippen molar-refractivity contribution in [3.63, 3.8) is 0 Å². The molecule has 0 fully saturated rings. The van der Waals surface area contributed by atoms with Crippen molar-refractivity contribution in [2.75, 3.05) is 10.9 Å². The number of rotatable bonds is 10. The highest BCUT2D eigenvalue weighted by Gasteiger charge is 2.31. The van der Waals surface area contributed by atoms with Gasteiger partial charge in [-0.2, -0.15) is 4.31 Å². The maximum absolute atomic E-state index is 13.4. The van der Waals surface area contributed by atoms with Crippen LogP contribution in [0.5, 0.6) is 5.75 Å². The Morgan fingerprint density at radius 3 is 2.06 bits per heavy atom. The second kappa shape index (κ2) is 11.3. The first kappa shape index (κ1) is 24.8. The lowest BCUT2D eigenvalue weighted by molar-refractivity contribution is -0.119. The van der Waals surface area contributed by atoms with E-state index >= 15 is 0 Å². The van der Waals surface area contributed by atoms with Gasteiger partial charge in [0, 0.05) is 5.02 Å². The molecule has 33 heavy (non-hydrogen) atoms. The van der Waals surface area contributed by atoms with Gasteiger partial charge in [0.2, 0.25) is 0 Å². The molecular formula is C26H28ClNO4S. The summed E-state index contributed by atoms with van der Waals surface area (Å²) in [6.45, 7) is 3.74. The Bertz CT molecular complexity index is 1160. The largest absolute Gasteiger partial charge is 0.484 e. The Kier molecular flexibility index (Phi) is 8.53. The van der Waals surface area contributed by atoms with E-state index in [0.717, 1.165) is 41.1 Å². The first-order chi connectivity index (χ1) is 15.8. The van der Waals surface area contributed by atoms with E-state index in [2.05, 4.69) is 6.92 Å². The Labute approximate surface area is 201 Å². The van der Waals surface area contributed by atoms with Gasteiger partial charge in [-0.15, -0.1) is 0 Å². The lowest BCUT2D eigenvalue weighted by atomic mass is 10.1. The number of anilines is 1. The van der Waals surface area contributed by atoms with Crippen LogP contribution in [-0.2, 0) is 27.7 Å². The Morgan fingerprint density at radius 1 is 0.879 bits per heavy atom. The summed E-state index contributed by atoms with van der Waals surface area (Å²) in [4.78, 5) is 13.2. The predicted molar refractivity (Wildman–Crippen MR) is 132 cm³/mol. The third kappa shape index (κ3) is 6.36. The van der Waals surface area contributed by atoms with Crippen molar-refractivity contribution in [3.05, 3.63) is 88.9 Å². The van der Waals surface area contributed by atoms with Crippen molar-refractivity contribution < 1.29 is 17.9 Å². The number of benzene rings is 3. The molecule has 3 rings (SSSR count). The van der Waals surface area contributed by atoms with Crippen LogP contribution in [0, 0.1) is 0 Å². The molecule has 0 N–H and O–H groups in total. The first-order valence-electron chi connectivity index (χ1n) is 11.0. The lowest BCUT2D eigenvalue weighted by Gasteiger charge is -2.23. The fraction of sp³-hybridized carbons (Fsp3) is 0.269. The minimum atomic E-state index is -4.17. The Balaban J connectivity index is 1.90. The molecule has 7 heteroatoms. The van der Waals surface area contributed by atoms with E-state index in [1.54, 1.807) is 24.3 Å². The van der Waals surface area contributed by atoms with E-state index in [1.807, 2.05) is 31.2 Å². The molecule has 1 amide bonds. The van der Waals surface area contributed by atoms with Gasteiger partial charge in [0.1, 0.15) is 5.75 Å². The maximum atomic E-state index is 13.4. The van der Waals surface area contributed by atoms with Gasteiger partial charge in [-0.3, -0.25) is 4.79 Å². The van der Waals surface area contributed by atoms with E-state index in [-0.39, 0.29) is 10.6 Å². The Hall–Kier alpha value is -2.83. The smallest absolute Gasteiger partial charge is 0.278 e. The van der Waals surface area contributed by atoms with Crippen molar-refractivity contribution in [1.29, 1.82) is 0 Å². The van der Waals surface area contributed by atoms with Crippen LogP contribution < -0.4 is 9.04 Å². The number of hydrogen-bond donors (Lipinski definition) is 0. The summed E-state index contributed by atoms with van der Waals surface area (Å²) in [7, 11) is -4.17. The zero-order chi connectivity index (χ0) is 23.8. The molecule has 3 aromatic rings. The summed E-state index contributed by atoms with van der Waals surface area (Å²) in [6.07, 6.45) is 3.88. The molecule has 0 saturated heterocycles. The fourth-order valence-electron chi connectivity index (χ4n) is 3.33. The highest BCUT2D eigenvalue weighted by Crippen LogP contribution is 2.26. The molecular weight excluding hydrogens is 458 g/mol. The van der Waals surface area contributed by atoms with E-state index in [0.29, 0.717) is 10.8 Å². The number of sulfonamides is 1. The van der Waals surface area contributed by atoms with Crippen LogP contribution in [0.4, 0.5) is 5.69 Å². The fourth-order valence-corrected chi connectivity index (χ4v) is 4.87. The molecule has 0 aliphatic heterocycles. The second-order valence-corrected chi connectivity index (χ2v) is 9.90. The van der Waals surface area contributed by atoms with Crippen LogP contribution in [0.25, 0.3) is 0 Å². The summed E-state index contributed by atoms with van der Waals surface area (Å²) in [5.74, 6) is -0.190. The number of hydrogen-bond acceptors (Lipinski definition) is 4. The van der Waals surface area contributed by atoms with E-state index < -0.39 is 22.5 Å². The zero-order valence-electron chi connectivity index (χ0n) is 18.8. The predicted octanol–water partition coefficient (Wildman–Crippen LogP) is 6.05. The number of unbranched alkanes of at least 4 members (excludes halogenated alkanes) is 1. The molecule has 0 spiro atoms. The zero-order valence-corrected chi connectivity index (χ0v) is 20.4. The third-order valence-corrected chi connectivity index (χ3v) is 7.28. The minimum Gasteiger partial charge on any atom is -0.484 e. The topological polar surface area (TPSA) is 63.7 Å². The van der Waals surface area contributed by atoms with Gasteiger partial charge in [0.15, 0.2) is 6.61 Å². The van der Waals surface area contributed by atoms with Gasteiger partial charge in [-0.1, -0.05) is 56.1 Å². The lowest BCUT2D eigenvalue weighted by Crippen LogP contribution is -2.40. The van der Waals surface area contributed by atoms with Crippen LogP contribution in [0.2, 0.25) is 5.02 Å². The minimum absolute atomic E-state index is 0.0254. The van der Waals surface area contributed by atoms with E-state index in [4.69, 9.17) is 16.3 Å². The summed E-state index contributed by atoms with van der Waals surface area (Å²) in [6, 6.07) is 20.1. The van der Waals surface area contributed by atoms with Crippen LogP contribution >= 0.6 is 11.6 Å². The van der Waals surface area contributed by atoms with Gasteiger partial charge in [-0.05, 0) is 78.9 Å². The molecule has 0 radical (unpaired) electrons. The molecule has 0 heterocycles. The molecule has 0 bridgehead atoms. The van der Waals surface area contributed by atoms with Gasteiger partial charge in [0.25, 0.3) is 15.9 Å². The van der Waals surface area contributed by atoms with Crippen LogP contribution in [-0.4, -0.2) is 20.9 Å². The molecule has 174 valence electrons. The number of ether oxygens (including phenoxy) is 1. The van der Waals surface area contributed by atoms with Crippen LogP contribution in [0.1, 0.15) is 37.8 Å². The molecule has 0 saturated carbocycles. The van der Waals surface area contributed by atoms with Crippen LogP contribution in [0.3, 0.4) is 0 Å². The van der Waals surface area contributed by atoms with E-state index in [9.17, 15) is 13.2 Å². The van der Waals surface area contributed by atoms with Gasteiger partial charge in [0.05, 0.1) is 10.6 Å². The second-order valence-electron chi connectivity index (χ2n) is 7.67. The van der Waals surface area contributed by atoms with Gasteiger partial charge < -0.3 is 4.74 Å². The number of halogens is 1. The van der Waals surface area contributed by atoms with Crippen molar-refractivity contribution in [2.24, 2.45) is 0 Å². The highest BCUT2D eigenvalue weighted by atomic mass is 35.5. The normalized spacial score (nSPS) is 11.2. The quantitative estimate of drug-likeness (QED) is 0.351. The SMILES string of the molecule is CCCCc1ccc(N(C(=O)COc2ccc(CC)cc2)S(=O)(=O)c2ccc(Cl)cc2)cc1. The summed E-state index contributed by atoms with van der Waals surface area (Å²) >= 11 is 5.92. The molecule has 3 aromatic carbocycles. The van der Waals surface area contributed by atoms with Crippen molar-refractivity contribution >= 4 is 33.2 Å². The summed E-state index contributed by atoms with van der Waals surface area (Å²) < 4.78 is 33.3. The molecule has 0 aromatic heterocycles. The molecule has 0 unspecified atom stereocenters. The number of carbonyl (C=O) groups is 1. The summed E-state index contributed by atoms with van der Waals surface area (Å²) in [5.41, 5.74) is 2.49. The van der Waals surface area contributed by atoms with Crippen molar-refractivity contribution in [2.45, 2.75) is 44.4 Å². The maximum Gasteiger partial charge on any atom is 0.278 e. The average molecular weight is 486 g/mol. The van der Waals surface area contributed by atoms with Gasteiger partial charge >= 0.3 is 0 Å². The number of amides is 1. The summed E-state index contributed by atoms with van der Waals surface area (Å²) in [5, 5.41) is 0.408. The number of nitrogens with zero attached hydrogens (tertiary/aromatic N) is 1. The first-order valence-corrected chi connectivity index (χ1v) is 12.8. The molecule has 5 nitrogen and oxygen atoms in total. The molecule has 0 aliphatic rings.